The first-order valence-electron chi connectivity index (χ1n) is 7.23. The second kappa shape index (κ2) is 7.11. The van der Waals surface area contributed by atoms with Crippen LogP contribution in [0.1, 0.15) is 45.6 Å². The highest BCUT2D eigenvalue weighted by molar-refractivity contribution is 9.10. The largest absolute Gasteiger partial charge is 0.459 e. The second-order valence-electron chi connectivity index (χ2n) is 6.20. The van der Waals surface area contributed by atoms with Gasteiger partial charge in [-0.3, -0.25) is 4.79 Å². The average Bonchev–Trinajstić information content (AvgIpc) is 2.44. The summed E-state index contributed by atoms with van der Waals surface area (Å²) in [6, 6.07) is 9.75. The minimum atomic E-state index is -1.27. The topological polar surface area (TPSA) is 50.1 Å². The van der Waals surface area contributed by atoms with Gasteiger partial charge in [0.25, 0.3) is 0 Å². The first kappa shape index (κ1) is 18.4. The van der Waals surface area contributed by atoms with Gasteiger partial charge in [-0.1, -0.05) is 41.1 Å². The van der Waals surface area contributed by atoms with Crippen molar-refractivity contribution in [3.63, 3.8) is 0 Å². The highest BCUT2D eigenvalue weighted by Crippen LogP contribution is 2.41. The zero-order valence-corrected chi connectivity index (χ0v) is 15.1. The van der Waals surface area contributed by atoms with Crippen LogP contribution in [0.15, 0.2) is 41.4 Å². The molecule has 0 unspecified atom stereocenters. The normalized spacial score (nSPS) is 15.3. The van der Waals surface area contributed by atoms with Gasteiger partial charge in [0.2, 0.25) is 0 Å². The summed E-state index contributed by atoms with van der Waals surface area (Å²) in [5, 5.41) is 9.75. The Labute approximate surface area is 141 Å². The van der Waals surface area contributed by atoms with E-state index in [2.05, 4.69) is 28.6 Å². The van der Waals surface area contributed by atoms with E-state index in [1.165, 1.54) is 0 Å². The summed E-state index contributed by atoms with van der Waals surface area (Å²) in [6.45, 7) is 11.0. The number of carbonyl (C=O) groups is 1. The molecule has 0 aromatic heterocycles. The van der Waals surface area contributed by atoms with Gasteiger partial charge in [0.1, 0.15) is 5.60 Å². The predicted molar refractivity (Wildman–Crippen MR) is 91.3 cm³/mol. The maximum Gasteiger partial charge on any atom is 0.327 e. The first-order chi connectivity index (χ1) is 10.2. The van der Waals surface area contributed by atoms with Gasteiger partial charge in [0.05, 0.1) is 6.07 Å². The van der Waals surface area contributed by atoms with Crippen molar-refractivity contribution in [2.45, 2.75) is 45.6 Å². The van der Waals surface area contributed by atoms with Crippen LogP contribution in [0.5, 0.6) is 0 Å². The van der Waals surface area contributed by atoms with Crippen LogP contribution in [-0.4, -0.2) is 11.6 Å². The maximum absolute atomic E-state index is 12.7. The molecule has 0 amide bonds. The van der Waals surface area contributed by atoms with Gasteiger partial charge >= 0.3 is 5.97 Å². The number of hydrogen-bond acceptors (Lipinski definition) is 3. The number of esters is 1. The van der Waals surface area contributed by atoms with Gasteiger partial charge in [0, 0.05) is 10.4 Å². The molecule has 3 nitrogen and oxygen atoms in total. The van der Waals surface area contributed by atoms with Gasteiger partial charge in [-0.2, -0.15) is 5.26 Å². The fraction of sp³-hybridized carbons (Fsp3) is 0.444. The Morgan fingerprint density at radius 2 is 1.95 bits per heavy atom. The fourth-order valence-electron chi connectivity index (χ4n) is 2.35. The fourth-order valence-corrected chi connectivity index (χ4v) is 2.61. The molecule has 1 aromatic rings. The number of carbonyl (C=O) groups excluding carboxylic acids is 1. The van der Waals surface area contributed by atoms with Crippen LogP contribution in [0, 0.1) is 16.7 Å². The lowest BCUT2D eigenvalue weighted by Gasteiger charge is -2.33. The summed E-state index contributed by atoms with van der Waals surface area (Å²) < 4.78 is 6.43. The average molecular weight is 364 g/mol. The smallest absolute Gasteiger partial charge is 0.327 e. The number of halogens is 1. The van der Waals surface area contributed by atoms with Gasteiger partial charge in [-0.15, -0.1) is 6.58 Å². The molecule has 1 aromatic carbocycles. The number of allylic oxidation sites excluding steroid dienone is 1. The van der Waals surface area contributed by atoms with Crippen molar-refractivity contribution >= 4 is 21.9 Å². The minimum Gasteiger partial charge on any atom is -0.459 e. The lowest BCUT2D eigenvalue weighted by atomic mass is 9.71. The van der Waals surface area contributed by atoms with E-state index in [9.17, 15) is 10.1 Å². The highest BCUT2D eigenvalue weighted by atomic mass is 79.9. The van der Waals surface area contributed by atoms with Crippen LogP contribution in [0.3, 0.4) is 0 Å². The lowest BCUT2D eigenvalue weighted by Crippen LogP contribution is -2.40. The SMILES string of the molecule is C=C[C@@H](c1ccc(Br)cc1)[C@](C#N)(CC)C(=O)OC(C)(C)C. The van der Waals surface area contributed by atoms with Gasteiger partial charge in [0.15, 0.2) is 5.41 Å². The van der Waals surface area contributed by atoms with Crippen molar-refractivity contribution in [1.82, 2.24) is 0 Å². The summed E-state index contributed by atoms with van der Waals surface area (Å²) in [5.74, 6) is -0.928. The summed E-state index contributed by atoms with van der Waals surface area (Å²) in [7, 11) is 0. The van der Waals surface area contributed by atoms with E-state index in [0.29, 0.717) is 6.42 Å². The Morgan fingerprint density at radius 1 is 1.41 bits per heavy atom. The summed E-state index contributed by atoms with van der Waals surface area (Å²) in [5.41, 5.74) is -1.05. The Kier molecular flexibility index (Phi) is 5.96. The standard InChI is InChI=1S/C18H22BrNO2/c1-6-15(13-8-10-14(19)11-9-13)18(7-2,12-20)16(21)22-17(3,4)5/h6,8-11,15H,1,7H2,2-5H3/t15-,18+/m0/s1. The number of hydrogen-bond donors (Lipinski definition) is 0. The lowest BCUT2D eigenvalue weighted by molar-refractivity contribution is -0.165. The molecule has 118 valence electrons. The van der Waals surface area contributed by atoms with Crippen molar-refractivity contribution in [2.24, 2.45) is 5.41 Å². The second-order valence-corrected chi connectivity index (χ2v) is 7.12. The first-order valence-corrected chi connectivity index (χ1v) is 8.02. The number of ether oxygens (including phenoxy) is 1. The number of rotatable bonds is 5. The summed E-state index contributed by atoms with van der Waals surface area (Å²) in [6.07, 6.45) is 2.01. The summed E-state index contributed by atoms with van der Waals surface area (Å²) in [4.78, 5) is 12.7. The van der Waals surface area contributed by atoms with Crippen molar-refractivity contribution in [2.75, 3.05) is 0 Å². The Hall–Kier alpha value is -1.60. The zero-order valence-electron chi connectivity index (χ0n) is 13.5. The molecule has 0 saturated heterocycles. The molecule has 0 aliphatic heterocycles. The van der Waals surface area contributed by atoms with Crippen LogP contribution >= 0.6 is 15.9 Å². The predicted octanol–water partition coefficient (Wildman–Crippen LogP) is 4.98. The van der Waals surface area contributed by atoms with Gasteiger partial charge in [-0.05, 0) is 44.9 Å². The van der Waals surface area contributed by atoms with Gasteiger partial charge < -0.3 is 4.74 Å². The Bertz CT molecular complexity index is 581. The van der Waals surface area contributed by atoms with Crippen LogP contribution < -0.4 is 0 Å². The number of nitriles is 1. The van der Waals surface area contributed by atoms with Crippen molar-refractivity contribution < 1.29 is 9.53 Å². The molecule has 0 aliphatic rings. The molecule has 0 radical (unpaired) electrons. The Balaban J connectivity index is 3.32. The van der Waals surface area contributed by atoms with Crippen LogP contribution in [0.4, 0.5) is 0 Å². The molecule has 1 rings (SSSR count). The molecular formula is C18H22BrNO2. The van der Waals surface area contributed by atoms with E-state index in [0.717, 1.165) is 10.0 Å². The molecular weight excluding hydrogens is 342 g/mol. The molecule has 0 aliphatic carbocycles. The molecule has 0 N–H and O–H groups in total. The molecule has 0 heterocycles. The third-order valence-corrected chi connectivity index (χ3v) is 4.04. The minimum absolute atomic E-state index is 0.352. The van der Waals surface area contributed by atoms with Crippen LogP contribution in [0.25, 0.3) is 0 Å². The van der Waals surface area contributed by atoms with Crippen LogP contribution in [0.2, 0.25) is 0 Å². The third-order valence-electron chi connectivity index (χ3n) is 3.52. The van der Waals surface area contributed by atoms with E-state index >= 15 is 0 Å². The zero-order chi connectivity index (χ0) is 17.0. The van der Waals surface area contributed by atoms with Gasteiger partial charge in [-0.25, -0.2) is 0 Å². The molecule has 4 heteroatoms. The highest BCUT2D eigenvalue weighted by Gasteiger charge is 2.47. The Morgan fingerprint density at radius 3 is 2.32 bits per heavy atom. The quantitative estimate of drug-likeness (QED) is 0.547. The molecule has 0 spiro atoms. The maximum atomic E-state index is 12.7. The van der Waals surface area contributed by atoms with Crippen molar-refractivity contribution in [3.8, 4) is 6.07 Å². The van der Waals surface area contributed by atoms with E-state index in [-0.39, 0.29) is 0 Å². The molecule has 2 atom stereocenters. The molecule has 0 fully saturated rings. The third kappa shape index (κ3) is 3.98. The molecule has 0 saturated carbocycles. The number of benzene rings is 1. The van der Waals surface area contributed by atoms with Crippen molar-refractivity contribution in [3.05, 3.63) is 47.0 Å². The van der Waals surface area contributed by atoms with E-state index in [1.807, 2.05) is 31.2 Å². The molecule has 0 bridgehead atoms. The van der Waals surface area contributed by atoms with E-state index in [1.54, 1.807) is 26.8 Å². The summed E-state index contributed by atoms with van der Waals surface area (Å²) >= 11 is 3.39. The monoisotopic (exact) mass is 363 g/mol. The number of nitrogens with zero attached hydrogens (tertiary/aromatic N) is 1. The van der Waals surface area contributed by atoms with Crippen molar-refractivity contribution in [1.29, 1.82) is 5.26 Å². The molecule has 22 heavy (non-hydrogen) atoms. The van der Waals surface area contributed by atoms with E-state index < -0.39 is 22.9 Å². The van der Waals surface area contributed by atoms with E-state index in [4.69, 9.17) is 4.74 Å². The van der Waals surface area contributed by atoms with Crippen LogP contribution in [-0.2, 0) is 9.53 Å².